The van der Waals surface area contributed by atoms with Crippen molar-refractivity contribution in [2.75, 3.05) is 19.8 Å². The first-order chi connectivity index (χ1) is 14.9. The Balaban J connectivity index is 0.00000289. The molecule has 2 fully saturated rings. The highest BCUT2D eigenvalue weighted by Gasteiger charge is 2.41. The molecule has 2 atom stereocenters. The Labute approximate surface area is 196 Å². The quantitative estimate of drug-likeness (QED) is 0.689. The monoisotopic (exact) mass is 482 g/mol. The van der Waals surface area contributed by atoms with Crippen molar-refractivity contribution in [1.29, 1.82) is 0 Å². The third-order valence-electron chi connectivity index (χ3n) is 7.03. The summed E-state index contributed by atoms with van der Waals surface area (Å²) in [5, 5.41) is -0.588. The van der Waals surface area contributed by atoms with Gasteiger partial charge >= 0.3 is 0 Å². The van der Waals surface area contributed by atoms with Gasteiger partial charge in [0, 0.05) is 43.3 Å². The van der Waals surface area contributed by atoms with E-state index < -0.39 is 15.3 Å². The van der Waals surface area contributed by atoms with Crippen molar-refractivity contribution < 1.29 is 17.5 Å². The van der Waals surface area contributed by atoms with Crippen molar-refractivity contribution in [2.45, 2.75) is 55.9 Å². The summed E-state index contributed by atoms with van der Waals surface area (Å²) in [4.78, 5) is 0. The van der Waals surface area contributed by atoms with E-state index in [0.717, 1.165) is 30.4 Å². The summed E-state index contributed by atoms with van der Waals surface area (Å²) >= 11 is 0. The molecule has 176 valence electrons. The normalized spacial score (nSPS) is 25.1. The Hall–Kier alpha value is -1.51. The van der Waals surface area contributed by atoms with Gasteiger partial charge in [-0.25, -0.2) is 12.8 Å². The molecule has 0 bridgehead atoms. The number of benzene rings is 2. The number of rotatable bonds is 5. The Morgan fingerprint density at radius 3 is 2.44 bits per heavy atom. The van der Waals surface area contributed by atoms with Crippen LogP contribution in [0.2, 0.25) is 0 Å². The zero-order valence-corrected chi connectivity index (χ0v) is 20.0. The summed E-state index contributed by atoms with van der Waals surface area (Å²) in [5.74, 6) is -0.374. The molecule has 4 rings (SSSR count). The van der Waals surface area contributed by atoms with Gasteiger partial charge in [-0.2, -0.15) is 4.31 Å². The van der Waals surface area contributed by atoms with Crippen LogP contribution in [0, 0.1) is 5.82 Å². The summed E-state index contributed by atoms with van der Waals surface area (Å²) < 4.78 is 49.0. The van der Waals surface area contributed by atoms with Crippen molar-refractivity contribution in [3.63, 3.8) is 0 Å². The average Bonchev–Trinajstić information content (AvgIpc) is 2.78. The highest BCUT2D eigenvalue weighted by atomic mass is 35.5. The third-order valence-corrected chi connectivity index (χ3v) is 9.40. The first-order valence-electron chi connectivity index (χ1n) is 11.0. The molecule has 0 unspecified atom stereocenters. The fourth-order valence-corrected chi connectivity index (χ4v) is 7.09. The average molecular weight is 483 g/mol. The molecule has 2 N–H and O–H groups in total. The number of hydrogen-bond donors (Lipinski definition) is 1. The minimum Gasteiger partial charge on any atom is -0.381 e. The molecule has 0 saturated carbocycles. The maximum atomic E-state index is 15.2. The highest BCUT2D eigenvalue weighted by molar-refractivity contribution is 7.89. The predicted octanol–water partition coefficient (Wildman–Crippen LogP) is 4.31. The second-order valence-corrected chi connectivity index (χ2v) is 10.9. The summed E-state index contributed by atoms with van der Waals surface area (Å²) in [6.07, 6.45) is 2.85. The lowest BCUT2D eigenvalue weighted by Crippen LogP contribution is -2.45. The zero-order valence-electron chi connectivity index (χ0n) is 18.4. The molecule has 0 spiro atoms. The zero-order chi connectivity index (χ0) is 22.1. The first kappa shape index (κ1) is 25.1. The summed E-state index contributed by atoms with van der Waals surface area (Å²) in [6, 6.07) is 14.3. The number of hydrogen-bond acceptors (Lipinski definition) is 4. The van der Waals surface area contributed by atoms with E-state index in [1.165, 1.54) is 4.31 Å². The summed E-state index contributed by atoms with van der Waals surface area (Å²) in [5.41, 5.74) is 7.85. The molecule has 2 saturated heterocycles. The van der Waals surface area contributed by atoms with Crippen LogP contribution in [-0.4, -0.2) is 38.5 Å². The Morgan fingerprint density at radius 2 is 1.81 bits per heavy atom. The number of nitrogens with two attached hydrogens (primary N) is 1. The first-order valence-corrected chi connectivity index (χ1v) is 12.5. The van der Waals surface area contributed by atoms with Gasteiger partial charge in [-0.05, 0) is 49.8 Å². The Bertz CT molecular complexity index is 1010. The molecule has 32 heavy (non-hydrogen) atoms. The van der Waals surface area contributed by atoms with E-state index in [1.54, 1.807) is 12.1 Å². The molecule has 0 amide bonds. The molecule has 2 heterocycles. The van der Waals surface area contributed by atoms with Crippen molar-refractivity contribution >= 4 is 22.4 Å². The van der Waals surface area contributed by atoms with Gasteiger partial charge in [-0.15, -0.1) is 12.4 Å². The molecular weight excluding hydrogens is 451 g/mol. The minimum absolute atomic E-state index is 0. The standard InChI is InChI=1S/C24H31FN2O3S.ClH/c1-18-7-10-23(19-5-3-2-4-6-19)31(28,29)27(18)16-20-8-9-21(15-22(20)25)24(17-26)11-13-30-14-12-24;/h2-6,8-9,15,18,23H,7,10-14,16-17,26H2,1H3;1H/t18-,23+;/m0./s1. The molecule has 2 aromatic carbocycles. The van der Waals surface area contributed by atoms with Crippen LogP contribution in [0.5, 0.6) is 0 Å². The fourth-order valence-electron chi connectivity index (χ4n) is 4.90. The fraction of sp³-hybridized carbons (Fsp3) is 0.500. The van der Waals surface area contributed by atoms with E-state index in [-0.39, 0.29) is 36.2 Å². The number of halogens is 2. The SMILES string of the molecule is C[C@H]1CC[C@H](c2ccccc2)S(=O)(=O)N1Cc1ccc(C2(CN)CCOCC2)cc1F.Cl. The van der Waals surface area contributed by atoms with Crippen molar-refractivity contribution in [3.05, 3.63) is 71.0 Å². The van der Waals surface area contributed by atoms with Crippen LogP contribution in [0.1, 0.15) is 54.5 Å². The Morgan fingerprint density at radius 1 is 1.12 bits per heavy atom. The van der Waals surface area contributed by atoms with Gasteiger partial charge in [0.15, 0.2) is 0 Å². The van der Waals surface area contributed by atoms with Gasteiger partial charge in [0.2, 0.25) is 10.0 Å². The van der Waals surface area contributed by atoms with Crippen molar-refractivity contribution in [3.8, 4) is 0 Å². The van der Waals surface area contributed by atoms with Crippen LogP contribution in [0.25, 0.3) is 0 Å². The van der Waals surface area contributed by atoms with E-state index >= 15 is 4.39 Å². The maximum absolute atomic E-state index is 15.2. The van der Waals surface area contributed by atoms with Crippen molar-refractivity contribution in [2.24, 2.45) is 5.73 Å². The minimum atomic E-state index is -3.60. The summed E-state index contributed by atoms with van der Waals surface area (Å²) in [6.45, 7) is 3.61. The lowest BCUT2D eigenvalue weighted by Gasteiger charge is -2.38. The molecule has 2 aromatic rings. The summed E-state index contributed by atoms with van der Waals surface area (Å²) in [7, 11) is -3.60. The molecule has 0 aromatic heterocycles. The number of ether oxygens (including phenoxy) is 1. The van der Waals surface area contributed by atoms with Crippen LogP contribution in [0.3, 0.4) is 0 Å². The van der Waals surface area contributed by atoms with Crippen LogP contribution in [-0.2, 0) is 26.7 Å². The van der Waals surface area contributed by atoms with Gasteiger partial charge in [0.25, 0.3) is 0 Å². The lowest BCUT2D eigenvalue weighted by atomic mass is 9.74. The van der Waals surface area contributed by atoms with E-state index in [1.807, 2.05) is 43.3 Å². The van der Waals surface area contributed by atoms with Gasteiger partial charge in [0.05, 0.1) is 0 Å². The van der Waals surface area contributed by atoms with Gasteiger partial charge in [-0.1, -0.05) is 42.5 Å². The number of sulfonamides is 1. The maximum Gasteiger partial charge on any atom is 0.221 e. The van der Waals surface area contributed by atoms with E-state index in [2.05, 4.69) is 0 Å². The smallest absolute Gasteiger partial charge is 0.221 e. The van der Waals surface area contributed by atoms with Crippen LogP contribution in [0.4, 0.5) is 4.39 Å². The van der Waals surface area contributed by atoms with E-state index in [0.29, 0.717) is 31.7 Å². The lowest BCUT2D eigenvalue weighted by molar-refractivity contribution is 0.0528. The topological polar surface area (TPSA) is 72.6 Å². The number of nitrogens with zero attached hydrogens (tertiary/aromatic N) is 1. The van der Waals surface area contributed by atoms with Crippen molar-refractivity contribution in [1.82, 2.24) is 4.31 Å². The predicted molar refractivity (Wildman–Crippen MR) is 127 cm³/mol. The molecule has 2 aliphatic heterocycles. The van der Waals surface area contributed by atoms with Gasteiger partial charge in [-0.3, -0.25) is 0 Å². The molecule has 0 radical (unpaired) electrons. The van der Waals surface area contributed by atoms with Gasteiger partial charge in [0.1, 0.15) is 11.1 Å². The second kappa shape index (κ2) is 10.2. The second-order valence-electron chi connectivity index (χ2n) is 8.82. The molecular formula is C24H32ClFN2O3S. The van der Waals surface area contributed by atoms with Crippen LogP contribution >= 0.6 is 12.4 Å². The van der Waals surface area contributed by atoms with Crippen LogP contribution < -0.4 is 5.73 Å². The van der Waals surface area contributed by atoms with Gasteiger partial charge < -0.3 is 10.5 Å². The highest BCUT2D eigenvalue weighted by Crippen LogP contribution is 2.39. The largest absolute Gasteiger partial charge is 0.381 e. The van der Waals surface area contributed by atoms with E-state index in [9.17, 15) is 8.42 Å². The van der Waals surface area contributed by atoms with E-state index in [4.69, 9.17) is 10.5 Å². The molecule has 0 aliphatic carbocycles. The van der Waals surface area contributed by atoms with Crippen LogP contribution in [0.15, 0.2) is 48.5 Å². The molecule has 2 aliphatic rings. The third kappa shape index (κ3) is 4.73. The molecule has 8 heteroatoms. The molecule has 5 nitrogen and oxygen atoms in total. The Kier molecular flexibility index (Phi) is 7.99.